The van der Waals surface area contributed by atoms with Crippen molar-refractivity contribution in [1.29, 1.82) is 5.26 Å². The molecule has 2 rings (SSSR count). The van der Waals surface area contributed by atoms with Crippen LogP contribution < -0.4 is 0 Å². The Hall–Kier alpha value is -1.88. The summed E-state index contributed by atoms with van der Waals surface area (Å²) in [5.41, 5.74) is 2.56. The molecule has 0 bridgehead atoms. The van der Waals surface area contributed by atoms with Gasteiger partial charge in [0.05, 0.1) is 11.6 Å². The zero-order valence-corrected chi connectivity index (χ0v) is 8.36. The number of ketones is 1. The van der Waals surface area contributed by atoms with Crippen LogP contribution in [0, 0.1) is 11.3 Å². The zero-order valence-electron chi connectivity index (χ0n) is 8.36. The van der Waals surface area contributed by atoms with Crippen molar-refractivity contribution in [1.82, 2.24) is 0 Å². The Morgan fingerprint density at radius 1 is 1.20 bits per heavy atom. The minimum absolute atomic E-state index is 0.263. The maximum Gasteiger partial charge on any atom is 0.158 e. The summed E-state index contributed by atoms with van der Waals surface area (Å²) < 4.78 is 0. The average Bonchev–Trinajstić information content (AvgIpc) is 2.66. The number of nitriles is 1. The average molecular weight is 197 g/mol. The molecule has 1 aromatic rings. The topological polar surface area (TPSA) is 40.9 Å². The molecule has 1 aliphatic rings. The number of nitrogens with zero attached hydrogens (tertiary/aromatic N) is 1. The molecule has 2 heteroatoms. The second-order valence-electron chi connectivity index (χ2n) is 3.68. The number of hydrogen-bond donors (Lipinski definition) is 0. The van der Waals surface area contributed by atoms with Crippen molar-refractivity contribution < 1.29 is 4.79 Å². The van der Waals surface area contributed by atoms with Crippen LogP contribution in [0.4, 0.5) is 0 Å². The van der Waals surface area contributed by atoms with E-state index in [1.54, 1.807) is 12.1 Å². The molecule has 1 fully saturated rings. The number of carbonyl (C=O) groups excluding carboxylic acids is 1. The van der Waals surface area contributed by atoms with E-state index in [0.29, 0.717) is 12.0 Å². The zero-order chi connectivity index (χ0) is 10.7. The van der Waals surface area contributed by atoms with Crippen molar-refractivity contribution in [3.05, 3.63) is 41.0 Å². The van der Waals surface area contributed by atoms with Gasteiger partial charge in [-0.1, -0.05) is 12.1 Å². The maximum atomic E-state index is 11.4. The predicted molar refractivity (Wildman–Crippen MR) is 58.0 cm³/mol. The van der Waals surface area contributed by atoms with E-state index in [2.05, 4.69) is 6.07 Å². The monoisotopic (exact) mass is 197 g/mol. The summed E-state index contributed by atoms with van der Waals surface area (Å²) in [6.45, 7) is 0. The van der Waals surface area contributed by atoms with E-state index >= 15 is 0 Å². The Labute approximate surface area is 88.8 Å². The number of hydrogen-bond acceptors (Lipinski definition) is 2. The number of Topliss-reactive ketones (excluding diaryl/α,β-unsaturated/α-hetero) is 1. The summed E-state index contributed by atoms with van der Waals surface area (Å²) in [4.78, 5) is 11.4. The molecule has 0 N–H and O–H groups in total. The fourth-order valence-electron chi connectivity index (χ4n) is 1.75. The first-order valence-corrected chi connectivity index (χ1v) is 5.03. The lowest BCUT2D eigenvalue weighted by atomic mass is 10.1. The third-order valence-electron chi connectivity index (χ3n) is 2.59. The number of allylic oxidation sites excluding steroid dienone is 1. The molecule has 0 aliphatic heterocycles. The van der Waals surface area contributed by atoms with E-state index < -0.39 is 0 Å². The number of carbonyl (C=O) groups is 1. The van der Waals surface area contributed by atoms with Crippen LogP contribution in [0.2, 0.25) is 0 Å². The first kappa shape index (κ1) is 9.67. The predicted octanol–water partition coefficient (Wildman–Crippen LogP) is 2.69. The molecule has 0 aromatic heterocycles. The van der Waals surface area contributed by atoms with Gasteiger partial charge in [0.1, 0.15) is 0 Å². The molecule has 0 saturated heterocycles. The van der Waals surface area contributed by atoms with E-state index in [4.69, 9.17) is 5.26 Å². The summed E-state index contributed by atoms with van der Waals surface area (Å²) in [5.74, 6) is 0.263. The molecule has 0 atom stereocenters. The van der Waals surface area contributed by atoms with Gasteiger partial charge in [0.25, 0.3) is 0 Å². The molecule has 0 spiro atoms. The van der Waals surface area contributed by atoms with Gasteiger partial charge in [-0.3, -0.25) is 4.79 Å². The number of rotatable bonds is 1. The molecule has 1 aliphatic carbocycles. The fourth-order valence-corrected chi connectivity index (χ4v) is 1.75. The first-order chi connectivity index (χ1) is 7.29. The molecule has 1 saturated carbocycles. The van der Waals surface area contributed by atoms with Crippen molar-refractivity contribution >= 4 is 11.9 Å². The van der Waals surface area contributed by atoms with Gasteiger partial charge >= 0.3 is 0 Å². The van der Waals surface area contributed by atoms with Crippen molar-refractivity contribution in [2.75, 3.05) is 0 Å². The molecule has 0 radical (unpaired) electrons. The summed E-state index contributed by atoms with van der Waals surface area (Å²) >= 11 is 0. The van der Waals surface area contributed by atoms with Crippen molar-refractivity contribution in [3.8, 4) is 6.07 Å². The Morgan fingerprint density at radius 2 is 1.93 bits per heavy atom. The molecule has 74 valence electrons. The van der Waals surface area contributed by atoms with Gasteiger partial charge in [-0.05, 0) is 42.2 Å². The van der Waals surface area contributed by atoms with E-state index in [9.17, 15) is 4.79 Å². The van der Waals surface area contributed by atoms with Gasteiger partial charge in [-0.15, -0.1) is 0 Å². The van der Waals surface area contributed by atoms with Gasteiger partial charge in [-0.2, -0.15) is 5.26 Å². The van der Waals surface area contributed by atoms with Gasteiger partial charge in [-0.25, -0.2) is 0 Å². The van der Waals surface area contributed by atoms with Crippen LogP contribution in [0.1, 0.15) is 30.4 Å². The van der Waals surface area contributed by atoms with Crippen LogP contribution in [-0.2, 0) is 4.79 Å². The maximum absolute atomic E-state index is 11.4. The molecule has 0 heterocycles. The summed E-state index contributed by atoms with van der Waals surface area (Å²) in [6.07, 6.45) is 4.47. The largest absolute Gasteiger partial charge is 0.295 e. The lowest BCUT2D eigenvalue weighted by Crippen LogP contribution is -1.90. The normalized spacial score (nSPS) is 18.1. The standard InChI is InChI=1S/C13H11NO/c14-9-11-6-4-10(5-7-11)8-12-2-1-3-13(12)15/h4-8H,1-3H2. The van der Waals surface area contributed by atoms with Gasteiger partial charge in [0, 0.05) is 6.42 Å². The van der Waals surface area contributed by atoms with E-state index in [1.807, 2.05) is 18.2 Å². The molecular formula is C13H11NO. The van der Waals surface area contributed by atoms with Crippen LogP contribution >= 0.6 is 0 Å². The van der Waals surface area contributed by atoms with Crippen LogP contribution in [0.25, 0.3) is 6.08 Å². The second-order valence-corrected chi connectivity index (χ2v) is 3.68. The number of benzene rings is 1. The highest BCUT2D eigenvalue weighted by Gasteiger charge is 2.16. The quantitative estimate of drug-likeness (QED) is 0.649. The SMILES string of the molecule is N#Cc1ccc(C=C2CCCC2=O)cc1. The highest BCUT2D eigenvalue weighted by Crippen LogP contribution is 2.22. The van der Waals surface area contributed by atoms with Crippen molar-refractivity contribution in [2.24, 2.45) is 0 Å². The highest BCUT2D eigenvalue weighted by atomic mass is 16.1. The lowest BCUT2D eigenvalue weighted by Gasteiger charge is -1.96. The minimum Gasteiger partial charge on any atom is -0.295 e. The molecule has 0 unspecified atom stereocenters. The fraction of sp³-hybridized carbons (Fsp3) is 0.231. The highest BCUT2D eigenvalue weighted by molar-refractivity contribution is 6.01. The van der Waals surface area contributed by atoms with Gasteiger partial charge in [0.2, 0.25) is 0 Å². The van der Waals surface area contributed by atoms with Crippen LogP contribution in [0.3, 0.4) is 0 Å². The Balaban J connectivity index is 2.24. The van der Waals surface area contributed by atoms with Gasteiger partial charge < -0.3 is 0 Å². The molecule has 2 nitrogen and oxygen atoms in total. The smallest absolute Gasteiger partial charge is 0.158 e. The summed E-state index contributed by atoms with van der Waals surface area (Å²) in [7, 11) is 0. The molecular weight excluding hydrogens is 186 g/mol. The van der Waals surface area contributed by atoms with E-state index in [0.717, 1.165) is 24.0 Å². The van der Waals surface area contributed by atoms with Crippen LogP contribution in [0.5, 0.6) is 0 Å². The Morgan fingerprint density at radius 3 is 2.47 bits per heavy atom. The second kappa shape index (κ2) is 4.10. The van der Waals surface area contributed by atoms with Gasteiger partial charge in [0.15, 0.2) is 5.78 Å². The molecule has 0 amide bonds. The third kappa shape index (κ3) is 2.13. The van der Waals surface area contributed by atoms with Crippen LogP contribution in [-0.4, -0.2) is 5.78 Å². The lowest BCUT2D eigenvalue weighted by molar-refractivity contribution is -0.114. The molecule has 15 heavy (non-hydrogen) atoms. The van der Waals surface area contributed by atoms with Crippen LogP contribution in [0.15, 0.2) is 29.8 Å². The van der Waals surface area contributed by atoms with E-state index in [1.165, 1.54) is 0 Å². The van der Waals surface area contributed by atoms with Crippen molar-refractivity contribution in [3.63, 3.8) is 0 Å². The summed E-state index contributed by atoms with van der Waals surface area (Å²) in [5, 5.41) is 8.64. The Bertz CT molecular complexity index is 448. The van der Waals surface area contributed by atoms with Crippen molar-refractivity contribution in [2.45, 2.75) is 19.3 Å². The molecule has 1 aromatic carbocycles. The third-order valence-corrected chi connectivity index (χ3v) is 2.59. The van der Waals surface area contributed by atoms with E-state index in [-0.39, 0.29) is 5.78 Å². The Kier molecular flexibility index (Phi) is 2.64. The minimum atomic E-state index is 0.263. The summed E-state index contributed by atoms with van der Waals surface area (Å²) in [6, 6.07) is 9.35. The first-order valence-electron chi connectivity index (χ1n) is 5.03.